The van der Waals surface area contributed by atoms with Crippen molar-refractivity contribution in [1.82, 2.24) is 0 Å². The summed E-state index contributed by atoms with van der Waals surface area (Å²) in [6.07, 6.45) is 1.03. The molecule has 0 aromatic heterocycles. The molecule has 0 saturated heterocycles. The van der Waals surface area contributed by atoms with Gasteiger partial charge in [-0.2, -0.15) is 0 Å². The van der Waals surface area contributed by atoms with Crippen LogP contribution >= 0.6 is 0 Å². The smallest absolute Gasteiger partial charge is 0.255 e. The molecule has 0 spiro atoms. The zero-order chi connectivity index (χ0) is 12.7. The van der Waals surface area contributed by atoms with Gasteiger partial charge in [-0.05, 0) is 36.6 Å². The third-order valence-electron chi connectivity index (χ3n) is 2.17. The predicted molar refractivity (Wildman–Crippen MR) is 66.1 cm³/mol. The van der Waals surface area contributed by atoms with Gasteiger partial charge in [-0.1, -0.05) is 13.8 Å². The van der Waals surface area contributed by atoms with Crippen LogP contribution in [0, 0.1) is 5.92 Å². The highest BCUT2D eigenvalue weighted by Crippen LogP contribution is 2.17. The van der Waals surface area contributed by atoms with Crippen LogP contribution in [0.2, 0.25) is 0 Å². The first-order chi connectivity index (χ1) is 8.08. The van der Waals surface area contributed by atoms with Crippen LogP contribution in [0.15, 0.2) is 24.3 Å². The number of amides is 1. The van der Waals surface area contributed by atoms with E-state index in [1.54, 1.807) is 12.1 Å². The van der Waals surface area contributed by atoms with E-state index in [2.05, 4.69) is 13.8 Å². The van der Waals surface area contributed by atoms with Crippen molar-refractivity contribution >= 4 is 5.91 Å². The van der Waals surface area contributed by atoms with Gasteiger partial charge in [-0.25, -0.2) is 0 Å². The molecule has 0 radical (unpaired) electrons. The molecule has 0 bridgehead atoms. The maximum atomic E-state index is 10.5. The van der Waals surface area contributed by atoms with E-state index >= 15 is 0 Å². The van der Waals surface area contributed by atoms with E-state index in [4.69, 9.17) is 15.2 Å². The second-order valence-electron chi connectivity index (χ2n) is 4.26. The molecule has 0 unspecified atom stereocenters. The topological polar surface area (TPSA) is 61.6 Å². The van der Waals surface area contributed by atoms with E-state index in [9.17, 15) is 4.79 Å². The quantitative estimate of drug-likeness (QED) is 0.788. The molecule has 1 amide bonds. The molecule has 1 rings (SSSR count). The van der Waals surface area contributed by atoms with Gasteiger partial charge in [-0.3, -0.25) is 4.79 Å². The van der Waals surface area contributed by atoms with E-state index < -0.39 is 5.91 Å². The Morgan fingerprint density at radius 3 is 2.18 bits per heavy atom. The summed E-state index contributed by atoms with van der Waals surface area (Å²) in [5.41, 5.74) is 4.98. The zero-order valence-corrected chi connectivity index (χ0v) is 10.3. The fourth-order valence-corrected chi connectivity index (χ4v) is 1.20. The van der Waals surface area contributed by atoms with Crippen molar-refractivity contribution in [2.24, 2.45) is 11.7 Å². The molecule has 1 aromatic carbocycles. The summed E-state index contributed by atoms with van der Waals surface area (Å²) >= 11 is 0. The predicted octanol–water partition coefficient (Wildman–Crippen LogP) is 1.98. The molecule has 0 heterocycles. The van der Waals surface area contributed by atoms with E-state index in [0.717, 1.165) is 12.2 Å². The minimum absolute atomic E-state index is 0.104. The standard InChI is InChI=1S/C13H19NO3/c1-10(2)7-8-16-11-3-5-12(6-4-11)17-9-13(14)15/h3-6,10H,7-9H2,1-2H3,(H2,14,15). The van der Waals surface area contributed by atoms with E-state index in [1.165, 1.54) is 0 Å². The molecular formula is C13H19NO3. The van der Waals surface area contributed by atoms with Crippen molar-refractivity contribution in [1.29, 1.82) is 0 Å². The van der Waals surface area contributed by atoms with Crippen molar-refractivity contribution in [3.8, 4) is 11.5 Å². The zero-order valence-electron chi connectivity index (χ0n) is 10.3. The van der Waals surface area contributed by atoms with Crippen molar-refractivity contribution in [3.63, 3.8) is 0 Å². The Balaban J connectivity index is 2.36. The summed E-state index contributed by atoms with van der Waals surface area (Å²) in [6, 6.07) is 7.15. The first kappa shape index (κ1) is 13.4. The summed E-state index contributed by atoms with van der Waals surface area (Å²) in [6.45, 7) is 4.92. The number of hydrogen-bond donors (Lipinski definition) is 1. The number of hydrogen-bond acceptors (Lipinski definition) is 3. The number of nitrogens with two attached hydrogens (primary N) is 1. The molecule has 0 atom stereocenters. The lowest BCUT2D eigenvalue weighted by atomic mass is 10.1. The first-order valence-corrected chi connectivity index (χ1v) is 5.72. The lowest BCUT2D eigenvalue weighted by Gasteiger charge is -2.09. The van der Waals surface area contributed by atoms with Gasteiger partial charge < -0.3 is 15.2 Å². The minimum Gasteiger partial charge on any atom is -0.494 e. The summed E-state index contributed by atoms with van der Waals surface area (Å²) in [5.74, 6) is 1.56. The summed E-state index contributed by atoms with van der Waals surface area (Å²) in [5, 5.41) is 0. The Morgan fingerprint density at radius 2 is 1.71 bits per heavy atom. The Bertz CT molecular complexity index is 346. The first-order valence-electron chi connectivity index (χ1n) is 5.72. The maximum absolute atomic E-state index is 10.5. The van der Waals surface area contributed by atoms with Gasteiger partial charge in [-0.15, -0.1) is 0 Å². The molecule has 0 fully saturated rings. The average molecular weight is 237 g/mol. The van der Waals surface area contributed by atoms with Crippen LogP contribution < -0.4 is 15.2 Å². The van der Waals surface area contributed by atoms with Crippen molar-refractivity contribution in [2.45, 2.75) is 20.3 Å². The van der Waals surface area contributed by atoms with Crippen molar-refractivity contribution < 1.29 is 14.3 Å². The average Bonchev–Trinajstić information content (AvgIpc) is 2.27. The summed E-state index contributed by atoms with van der Waals surface area (Å²) in [4.78, 5) is 10.5. The molecule has 94 valence electrons. The minimum atomic E-state index is -0.484. The molecule has 0 aliphatic carbocycles. The van der Waals surface area contributed by atoms with Gasteiger partial charge >= 0.3 is 0 Å². The fraction of sp³-hybridized carbons (Fsp3) is 0.462. The van der Waals surface area contributed by atoms with Crippen molar-refractivity contribution in [2.75, 3.05) is 13.2 Å². The third-order valence-corrected chi connectivity index (χ3v) is 2.17. The number of carbonyl (C=O) groups excluding carboxylic acids is 1. The lowest BCUT2D eigenvalue weighted by molar-refractivity contribution is -0.119. The van der Waals surface area contributed by atoms with Crippen LogP contribution in [0.4, 0.5) is 0 Å². The van der Waals surface area contributed by atoms with Crippen LogP contribution in [0.1, 0.15) is 20.3 Å². The molecule has 1 aromatic rings. The van der Waals surface area contributed by atoms with E-state index in [1.807, 2.05) is 12.1 Å². The van der Waals surface area contributed by atoms with Crippen LogP contribution in [0.3, 0.4) is 0 Å². The number of carbonyl (C=O) groups is 1. The monoisotopic (exact) mass is 237 g/mol. The SMILES string of the molecule is CC(C)CCOc1ccc(OCC(N)=O)cc1. The Hall–Kier alpha value is -1.71. The fourth-order valence-electron chi connectivity index (χ4n) is 1.20. The number of benzene rings is 1. The van der Waals surface area contributed by atoms with Crippen LogP contribution in [0.25, 0.3) is 0 Å². The Kier molecular flexibility index (Phi) is 5.33. The van der Waals surface area contributed by atoms with Crippen LogP contribution in [0.5, 0.6) is 11.5 Å². The molecule has 2 N–H and O–H groups in total. The maximum Gasteiger partial charge on any atom is 0.255 e. The molecule has 17 heavy (non-hydrogen) atoms. The number of ether oxygens (including phenoxy) is 2. The molecule has 4 heteroatoms. The molecule has 0 aliphatic rings. The van der Waals surface area contributed by atoms with Crippen LogP contribution in [-0.2, 0) is 4.79 Å². The van der Waals surface area contributed by atoms with Gasteiger partial charge in [0.05, 0.1) is 6.61 Å². The largest absolute Gasteiger partial charge is 0.494 e. The normalized spacial score (nSPS) is 10.3. The highest BCUT2D eigenvalue weighted by Gasteiger charge is 1.99. The third kappa shape index (κ3) is 5.80. The van der Waals surface area contributed by atoms with E-state index in [-0.39, 0.29) is 6.61 Å². The molecule has 4 nitrogen and oxygen atoms in total. The molecule has 0 saturated carbocycles. The van der Waals surface area contributed by atoms with Crippen molar-refractivity contribution in [3.05, 3.63) is 24.3 Å². The van der Waals surface area contributed by atoms with Gasteiger partial charge in [0, 0.05) is 0 Å². The highest BCUT2D eigenvalue weighted by molar-refractivity contribution is 5.75. The molecule has 0 aliphatic heterocycles. The second kappa shape index (κ2) is 6.78. The number of rotatable bonds is 7. The Morgan fingerprint density at radius 1 is 1.18 bits per heavy atom. The summed E-state index contributed by atoms with van der Waals surface area (Å²) < 4.78 is 10.7. The van der Waals surface area contributed by atoms with Gasteiger partial charge in [0.15, 0.2) is 6.61 Å². The molecular weight excluding hydrogens is 218 g/mol. The van der Waals surface area contributed by atoms with Gasteiger partial charge in [0.2, 0.25) is 0 Å². The second-order valence-corrected chi connectivity index (χ2v) is 4.26. The van der Waals surface area contributed by atoms with Crippen LogP contribution in [-0.4, -0.2) is 19.1 Å². The van der Waals surface area contributed by atoms with Gasteiger partial charge in [0.25, 0.3) is 5.91 Å². The lowest BCUT2D eigenvalue weighted by Crippen LogP contribution is -2.19. The highest BCUT2D eigenvalue weighted by atomic mass is 16.5. The number of primary amides is 1. The van der Waals surface area contributed by atoms with Gasteiger partial charge in [0.1, 0.15) is 11.5 Å². The Labute approximate surface area is 102 Å². The summed E-state index contributed by atoms with van der Waals surface area (Å²) in [7, 11) is 0. The van der Waals surface area contributed by atoms with E-state index in [0.29, 0.717) is 18.3 Å².